The van der Waals surface area contributed by atoms with Crippen LogP contribution < -0.4 is 0 Å². The third-order valence-corrected chi connectivity index (χ3v) is 2.03. The van der Waals surface area contributed by atoms with Gasteiger partial charge in [-0.05, 0) is 24.1 Å². The van der Waals surface area contributed by atoms with Gasteiger partial charge in [0.1, 0.15) is 0 Å². The molecule has 0 aliphatic heterocycles. The highest BCUT2D eigenvalue weighted by Crippen LogP contribution is 2.08. The van der Waals surface area contributed by atoms with Crippen molar-refractivity contribution in [2.75, 3.05) is 14.1 Å². The molecule has 2 heteroatoms. The standard InChI is InChI=1S/C12H15NO/c1-10-6-4-5-7-11(10)8-9-12(14)13(2)3/h4-9H,1-3H3. The first-order chi connectivity index (χ1) is 6.61. The van der Waals surface area contributed by atoms with Crippen molar-refractivity contribution >= 4 is 12.0 Å². The number of carbonyl (C=O) groups is 1. The highest BCUT2D eigenvalue weighted by Gasteiger charge is 1.97. The summed E-state index contributed by atoms with van der Waals surface area (Å²) < 4.78 is 0. The second kappa shape index (κ2) is 4.61. The molecule has 0 saturated carbocycles. The quantitative estimate of drug-likeness (QED) is 0.652. The van der Waals surface area contributed by atoms with Gasteiger partial charge in [0.25, 0.3) is 0 Å². The summed E-state index contributed by atoms with van der Waals surface area (Å²) in [5.74, 6) is 0.00764. The molecular formula is C12H15NO. The van der Waals surface area contributed by atoms with E-state index in [2.05, 4.69) is 0 Å². The summed E-state index contributed by atoms with van der Waals surface area (Å²) in [7, 11) is 3.48. The van der Waals surface area contributed by atoms with Crippen LogP contribution >= 0.6 is 0 Å². The minimum absolute atomic E-state index is 0.00764. The van der Waals surface area contributed by atoms with Gasteiger partial charge < -0.3 is 4.90 Å². The van der Waals surface area contributed by atoms with Crippen molar-refractivity contribution in [3.63, 3.8) is 0 Å². The summed E-state index contributed by atoms with van der Waals surface area (Å²) >= 11 is 0. The lowest BCUT2D eigenvalue weighted by Crippen LogP contribution is -2.18. The molecule has 0 aromatic heterocycles. The van der Waals surface area contributed by atoms with E-state index < -0.39 is 0 Å². The second-order valence-electron chi connectivity index (χ2n) is 3.42. The van der Waals surface area contributed by atoms with Crippen LogP contribution in [0, 0.1) is 6.92 Å². The van der Waals surface area contributed by atoms with Gasteiger partial charge in [-0.1, -0.05) is 24.3 Å². The maximum atomic E-state index is 11.3. The summed E-state index contributed by atoms with van der Waals surface area (Å²) in [4.78, 5) is 12.8. The maximum absolute atomic E-state index is 11.3. The molecule has 1 aromatic carbocycles. The number of hydrogen-bond acceptors (Lipinski definition) is 1. The molecule has 74 valence electrons. The van der Waals surface area contributed by atoms with Gasteiger partial charge in [0.2, 0.25) is 5.91 Å². The van der Waals surface area contributed by atoms with E-state index in [0.717, 1.165) is 5.56 Å². The molecule has 0 spiro atoms. The van der Waals surface area contributed by atoms with Crippen molar-refractivity contribution < 1.29 is 4.79 Å². The van der Waals surface area contributed by atoms with Crippen LogP contribution in [-0.2, 0) is 4.79 Å². The van der Waals surface area contributed by atoms with Crippen LogP contribution in [0.4, 0.5) is 0 Å². The van der Waals surface area contributed by atoms with Crippen molar-refractivity contribution in [3.05, 3.63) is 41.5 Å². The molecule has 0 radical (unpaired) electrons. The van der Waals surface area contributed by atoms with Gasteiger partial charge in [-0.2, -0.15) is 0 Å². The van der Waals surface area contributed by atoms with Crippen LogP contribution in [0.25, 0.3) is 6.08 Å². The number of carbonyl (C=O) groups excluding carboxylic acids is 1. The monoisotopic (exact) mass is 189 g/mol. The zero-order valence-electron chi connectivity index (χ0n) is 8.82. The highest BCUT2D eigenvalue weighted by molar-refractivity contribution is 5.91. The van der Waals surface area contributed by atoms with Crippen LogP contribution in [-0.4, -0.2) is 24.9 Å². The first kappa shape index (κ1) is 10.5. The van der Waals surface area contributed by atoms with Crippen molar-refractivity contribution in [2.24, 2.45) is 0 Å². The molecule has 0 saturated heterocycles. The number of rotatable bonds is 2. The van der Waals surface area contributed by atoms with E-state index >= 15 is 0 Å². The van der Waals surface area contributed by atoms with E-state index in [9.17, 15) is 4.79 Å². The zero-order chi connectivity index (χ0) is 10.6. The lowest BCUT2D eigenvalue weighted by Gasteiger charge is -2.05. The summed E-state index contributed by atoms with van der Waals surface area (Å²) in [5, 5.41) is 0. The molecule has 0 N–H and O–H groups in total. The maximum Gasteiger partial charge on any atom is 0.246 e. The molecule has 1 amide bonds. The largest absolute Gasteiger partial charge is 0.345 e. The van der Waals surface area contributed by atoms with E-state index in [4.69, 9.17) is 0 Å². The fourth-order valence-corrected chi connectivity index (χ4v) is 1.08. The molecule has 14 heavy (non-hydrogen) atoms. The number of nitrogens with zero attached hydrogens (tertiary/aromatic N) is 1. The van der Waals surface area contributed by atoms with Gasteiger partial charge in [0.05, 0.1) is 0 Å². The van der Waals surface area contributed by atoms with Crippen LogP contribution in [0.3, 0.4) is 0 Å². The van der Waals surface area contributed by atoms with E-state index in [1.54, 1.807) is 25.1 Å². The summed E-state index contributed by atoms with van der Waals surface area (Å²) in [6.45, 7) is 2.03. The minimum atomic E-state index is 0.00764. The summed E-state index contributed by atoms with van der Waals surface area (Å²) in [6, 6.07) is 7.97. The van der Waals surface area contributed by atoms with Crippen LogP contribution in [0.1, 0.15) is 11.1 Å². The molecule has 0 bridgehead atoms. The van der Waals surface area contributed by atoms with E-state index in [1.807, 2.05) is 37.3 Å². The third-order valence-electron chi connectivity index (χ3n) is 2.03. The molecule has 1 rings (SSSR count). The average molecular weight is 189 g/mol. The highest BCUT2D eigenvalue weighted by atomic mass is 16.2. The molecule has 2 nitrogen and oxygen atoms in total. The molecule has 0 unspecified atom stereocenters. The SMILES string of the molecule is Cc1ccccc1C=CC(=O)N(C)C. The third kappa shape index (κ3) is 2.73. The Morgan fingerprint density at radius 3 is 2.50 bits per heavy atom. The first-order valence-corrected chi connectivity index (χ1v) is 4.56. The molecule has 1 aromatic rings. The van der Waals surface area contributed by atoms with Crippen LogP contribution in [0.15, 0.2) is 30.3 Å². The van der Waals surface area contributed by atoms with Gasteiger partial charge in [0.15, 0.2) is 0 Å². The van der Waals surface area contributed by atoms with E-state index in [0.29, 0.717) is 0 Å². The summed E-state index contributed by atoms with van der Waals surface area (Å²) in [5.41, 5.74) is 2.26. The van der Waals surface area contributed by atoms with Crippen molar-refractivity contribution in [2.45, 2.75) is 6.92 Å². The Morgan fingerprint density at radius 1 is 1.29 bits per heavy atom. The Morgan fingerprint density at radius 2 is 1.93 bits per heavy atom. The smallest absolute Gasteiger partial charge is 0.246 e. The molecule has 0 aliphatic carbocycles. The number of hydrogen-bond donors (Lipinski definition) is 0. The number of benzene rings is 1. The van der Waals surface area contributed by atoms with E-state index in [-0.39, 0.29) is 5.91 Å². The predicted octanol–water partition coefficient (Wildman–Crippen LogP) is 2.10. The van der Waals surface area contributed by atoms with Crippen molar-refractivity contribution in [1.82, 2.24) is 4.90 Å². The fraction of sp³-hybridized carbons (Fsp3) is 0.250. The van der Waals surface area contributed by atoms with Crippen molar-refractivity contribution in [1.29, 1.82) is 0 Å². The topological polar surface area (TPSA) is 20.3 Å². The normalized spacial score (nSPS) is 10.5. The predicted molar refractivity (Wildman–Crippen MR) is 58.9 cm³/mol. The number of amides is 1. The van der Waals surface area contributed by atoms with Crippen LogP contribution in [0.2, 0.25) is 0 Å². The molecular weight excluding hydrogens is 174 g/mol. The first-order valence-electron chi connectivity index (χ1n) is 4.56. The summed E-state index contributed by atoms with van der Waals surface area (Å²) in [6.07, 6.45) is 3.43. The Balaban J connectivity index is 2.79. The minimum Gasteiger partial charge on any atom is -0.345 e. The molecule has 0 heterocycles. The van der Waals surface area contributed by atoms with Crippen LogP contribution in [0.5, 0.6) is 0 Å². The molecule has 0 fully saturated rings. The van der Waals surface area contributed by atoms with Gasteiger partial charge in [-0.15, -0.1) is 0 Å². The van der Waals surface area contributed by atoms with Gasteiger partial charge in [0, 0.05) is 20.2 Å². The number of likely N-dealkylation sites (N-methyl/N-ethyl adjacent to an activating group) is 1. The van der Waals surface area contributed by atoms with Gasteiger partial charge >= 0.3 is 0 Å². The Kier molecular flexibility index (Phi) is 3.46. The lowest BCUT2D eigenvalue weighted by atomic mass is 10.1. The van der Waals surface area contributed by atoms with Crippen molar-refractivity contribution in [3.8, 4) is 0 Å². The number of aryl methyl sites for hydroxylation is 1. The average Bonchev–Trinajstić information content (AvgIpc) is 2.16. The molecule has 0 atom stereocenters. The zero-order valence-corrected chi connectivity index (χ0v) is 8.82. The second-order valence-corrected chi connectivity index (χ2v) is 3.42. The Labute approximate surface area is 84.9 Å². The van der Waals surface area contributed by atoms with Gasteiger partial charge in [-0.25, -0.2) is 0 Å². The molecule has 0 aliphatic rings. The Bertz CT molecular complexity index is 353. The Hall–Kier alpha value is -1.57. The van der Waals surface area contributed by atoms with E-state index in [1.165, 1.54) is 5.56 Å². The fourth-order valence-electron chi connectivity index (χ4n) is 1.08. The lowest BCUT2D eigenvalue weighted by molar-refractivity contribution is -0.123. The van der Waals surface area contributed by atoms with Gasteiger partial charge in [-0.3, -0.25) is 4.79 Å².